The normalized spacial score (nSPS) is 14.5. The van der Waals surface area contributed by atoms with Crippen molar-refractivity contribution in [3.8, 4) is 5.75 Å². The molecule has 4 rings (SSSR count). The van der Waals surface area contributed by atoms with E-state index >= 15 is 0 Å². The highest BCUT2D eigenvalue weighted by molar-refractivity contribution is 5.98. The van der Waals surface area contributed by atoms with Crippen LogP contribution in [0.2, 0.25) is 0 Å². The van der Waals surface area contributed by atoms with Gasteiger partial charge in [-0.15, -0.1) is 0 Å². The van der Waals surface area contributed by atoms with Crippen molar-refractivity contribution < 1.29 is 9.53 Å². The summed E-state index contributed by atoms with van der Waals surface area (Å²) in [5, 5.41) is 4.00. The van der Waals surface area contributed by atoms with Crippen molar-refractivity contribution in [3.63, 3.8) is 0 Å². The first-order chi connectivity index (χ1) is 13.7. The van der Waals surface area contributed by atoms with Crippen LogP contribution in [0, 0.1) is 0 Å². The first kappa shape index (κ1) is 18.6. The summed E-state index contributed by atoms with van der Waals surface area (Å²) in [5.74, 6) is 0.702. The molecule has 0 saturated carbocycles. The lowest BCUT2D eigenvalue weighted by Gasteiger charge is -2.14. The van der Waals surface area contributed by atoms with Gasteiger partial charge < -0.3 is 15.0 Å². The van der Waals surface area contributed by atoms with Crippen LogP contribution >= 0.6 is 0 Å². The van der Waals surface area contributed by atoms with Gasteiger partial charge in [-0.2, -0.15) is 0 Å². The largest absolute Gasteiger partial charge is 0.494 e. The number of amides is 1. The molecule has 0 aliphatic carbocycles. The number of carbonyl (C=O) groups is 1. The lowest BCUT2D eigenvalue weighted by molar-refractivity contribution is 0.0946. The average Bonchev–Trinajstić information content (AvgIpc) is 3.37. The van der Waals surface area contributed by atoms with Gasteiger partial charge >= 0.3 is 0 Å². The summed E-state index contributed by atoms with van der Waals surface area (Å²) >= 11 is 0. The Kier molecular flexibility index (Phi) is 5.63. The summed E-state index contributed by atoms with van der Waals surface area (Å²) in [6, 6.07) is 16.2. The van der Waals surface area contributed by atoms with Gasteiger partial charge in [0.2, 0.25) is 0 Å². The van der Waals surface area contributed by atoms with Crippen molar-refractivity contribution in [2.45, 2.75) is 32.9 Å². The van der Waals surface area contributed by atoms with Crippen molar-refractivity contribution in [2.75, 3.05) is 19.7 Å². The second kappa shape index (κ2) is 8.48. The van der Waals surface area contributed by atoms with Gasteiger partial charge in [0, 0.05) is 30.1 Å². The predicted molar refractivity (Wildman–Crippen MR) is 112 cm³/mol. The Hall–Kier alpha value is -2.79. The molecule has 1 amide bonds. The number of aromatic amines is 1. The highest BCUT2D eigenvalue weighted by atomic mass is 16.5. The van der Waals surface area contributed by atoms with Gasteiger partial charge in [0.1, 0.15) is 11.4 Å². The topological polar surface area (TPSA) is 57.4 Å². The number of likely N-dealkylation sites (tertiary alicyclic amines) is 1. The van der Waals surface area contributed by atoms with E-state index in [1.807, 2.05) is 31.2 Å². The van der Waals surface area contributed by atoms with Gasteiger partial charge in [-0.3, -0.25) is 9.69 Å². The Bertz CT molecular complexity index is 940. The Labute approximate surface area is 165 Å². The molecule has 0 radical (unpaired) electrons. The van der Waals surface area contributed by atoms with Gasteiger partial charge in [0.25, 0.3) is 5.91 Å². The van der Waals surface area contributed by atoms with E-state index in [0.29, 0.717) is 18.8 Å². The highest BCUT2D eigenvalue weighted by Crippen LogP contribution is 2.21. The van der Waals surface area contributed by atoms with Crippen LogP contribution in [0.15, 0.2) is 48.5 Å². The molecule has 2 heterocycles. The minimum atomic E-state index is -0.102. The van der Waals surface area contributed by atoms with Gasteiger partial charge in [0.15, 0.2) is 0 Å². The number of ether oxygens (including phenoxy) is 1. The van der Waals surface area contributed by atoms with Crippen LogP contribution in [0.1, 0.15) is 41.4 Å². The third-order valence-electron chi connectivity index (χ3n) is 5.23. The van der Waals surface area contributed by atoms with Crippen LogP contribution in [-0.2, 0) is 13.1 Å². The molecule has 146 valence electrons. The Morgan fingerprint density at radius 1 is 1.07 bits per heavy atom. The Balaban J connectivity index is 1.35. The predicted octanol–water partition coefficient (Wildman–Crippen LogP) is 4.09. The molecule has 1 saturated heterocycles. The zero-order chi connectivity index (χ0) is 19.3. The fourth-order valence-corrected chi connectivity index (χ4v) is 3.72. The molecule has 5 nitrogen and oxygen atoms in total. The van der Waals surface area contributed by atoms with Crippen molar-refractivity contribution in [2.24, 2.45) is 0 Å². The minimum absolute atomic E-state index is 0.102. The molecule has 1 aliphatic rings. The Morgan fingerprint density at radius 3 is 2.57 bits per heavy atom. The molecule has 1 aromatic heterocycles. The van der Waals surface area contributed by atoms with Crippen molar-refractivity contribution >= 4 is 16.8 Å². The van der Waals surface area contributed by atoms with Gasteiger partial charge in [0.05, 0.1) is 6.61 Å². The molecule has 1 fully saturated rings. The van der Waals surface area contributed by atoms with Gasteiger partial charge in [-0.1, -0.05) is 24.3 Å². The molecule has 2 aromatic carbocycles. The molecule has 5 heteroatoms. The summed E-state index contributed by atoms with van der Waals surface area (Å²) < 4.78 is 5.52. The van der Waals surface area contributed by atoms with Crippen molar-refractivity contribution in [1.82, 2.24) is 15.2 Å². The van der Waals surface area contributed by atoms with Crippen molar-refractivity contribution in [3.05, 3.63) is 65.4 Å². The maximum Gasteiger partial charge on any atom is 0.267 e. The maximum absolute atomic E-state index is 12.5. The number of benzene rings is 2. The zero-order valence-corrected chi connectivity index (χ0v) is 16.3. The Morgan fingerprint density at radius 2 is 1.82 bits per heavy atom. The van der Waals surface area contributed by atoms with E-state index in [4.69, 9.17) is 4.74 Å². The number of fused-ring (bicyclic) bond motifs is 1. The second-order valence-electron chi connectivity index (χ2n) is 7.35. The first-order valence-electron chi connectivity index (χ1n) is 10.1. The van der Waals surface area contributed by atoms with E-state index in [2.05, 4.69) is 39.5 Å². The molecule has 2 N–H and O–H groups in total. The van der Waals surface area contributed by atoms with Gasteiger partial charge in [-0.05, 0) is 62.2 Å². The van der Waals surface area contributed by atoms with Crippen LogP contribution in [0.4, 0.5) is 0 Å². The minimum Gasteiger partial charge on any atom is -0.494 e. The van der Waals surface area contributed by atoms with E-state index in [1.165, 1.54) is 31.5 Å². The number of rotatable bonds is 7. The molecule has 3 aromatic rings. The fourth-order valence-electron chi connectivity index (χ4n) is 3.72. The maximum atomic E-state index is 12.5. The number of hydrogen-bond acceptors (Lipinski definition) is 3. The SMILES string of the molecule is CCOc1ccc2cc(C(=O)NCc3ccc(CN4CCCC4)cc3)[nH]c2c1. The van der Waals surface area contributed by atoms with E-state index < -0.39 is 0 Å². The van der Waals surface area contributed by atoms with E-state index in [9.17, 15) is 4.79 Å². The summed E-state index contributed by atoms with van der Waals surface area (Å²) in [5.41, 5.74) is 3.91. The molecule has 28 heavy (non-hydrogen) atoms. The summed E-state index contributed by atoms with van der Waals surface area (Å²) in [6.07, 6.45) is 2.62. The molecule has 0 bridgehead atoms. The average molecular weight is 377 g/mol. The number of carbonyl (C=O) groups excluding carboxylic acids is 1. The number of nitrogens with zero attached hydrogens (tertiary/aromatic N) is 1. The summed E-state index contributed by atoms with van der Waals surface area (Å²) in [7, 11) is 0. The summed E-state index contributed by atoms with van der Waals surface area (Å²) in [6.45, 7) is 6.52. The molecular formula is C23H27N3O2. The summed E-state index contributed by atoms with van der Waals surface area (Å²) in [4.78, 5) is 18.2. The van der Waals surface area contributed by atoms with Crippen LogP contribution in [0.25, 0.3) is 10.9 Å². The number of hydrogen-bond donors (Lipinski definition) is 2. The smallest absolute Gasteiger partial charge is 0.267 e. The quantitative estimate of drug-likeness (QED) is 0.652. The van der Waals surface area contributed by atoms with Crippen LogP contribution in [-0.4, -0.2) is 35.5 Å². The van der Waals surface area contributed by atoms with Crippen molar-refractivity contribution in [1.29, 1.82) is 0 Å². The second-order valence-corrected chi connectivity index (χ2v) is 7.35. The number of aromatic nitrogens is 1. The van der Waals surface area contributed by atoms with E-state index in [1.54, 1.807) is 0 Å². The van der Waals surface area contributed by atoms with E-state index in [-0.39, 0.29) is 5.91 Å². The first-order valence-corrected chi connectivity index (χ1v) is 10.1. The number of H-pyrrole nitrogens is 1. The van der Waals surface area contributed by atoms with Crippen LogP contribution < -0.4 is 10.1 Å². The zero-order valence-electron chi connectivity index (χ0n) is 16.3. The third kappa shape index (κ3) is 4.37. The third-order valence-corrected chi connectivity index (χ3v) is 5.23. The molecular weight excluding hydrogens is 350 g/mol. The lowest BCUT2D eigenvalue weighted by Crippen LogP contribution is -2.23. The molecule has 0 unspecified atom stereocenters. The fraction of sp³-hybridized carbons (Fsp3) is 0.348. The van der Waals surface area contributed by atoms with E-state index in [0.717, 1.165) is 28.8 Å². The standard InChI is InChI=1S/C23H27N3O2/c1-2-28-20-10-9-19-13-22(25-21(19)14-20)23(27)24-15-17-5-7-18(8-6-17)16-26-11-3-4-12-26/h5-10,13-14,25H,2-4,11-12,15-16H2,1H3,(H,24,27). The molecule has 0 spiro atoms. The number of nitrogens with one attached hydrogen (secondary N) is 2. The highest BCUT2D eigenvalue weighted by Gasteiger charge is 2.12. The van der Waals surface area contributed by atoms with Crippen LogP contribution in [0.5, 0.6) is 5.75 Å². The molecule has 0 atom stereocenters. The lowest BCUT2D eigenvalue weighted by atomic mass is 10.1. The van der Waals surface area contributed by atoms with Crippen LogP contribution in [0.3, 0.4) is 0 Å². The monoisotopic (exact) mass is 377 g/mol. The molecule has 1 aliphatic heterocycles. The van der Waals surface area contributed by atoms with Gasteiger partial charge in [-0.25, -0.2) is 0 Å².